The number of Topliss-reactive ketones (excluding diaryl/α,β-unsaturated/α-hetero) is 1. The summed E-state index contributed by atoms with van der Waals surface area (Å²) >= 11 is 0. The smallest absolute Gasteiger partial charge is 0.331 e. The molecule has 0 unspecified atom stereocenters. The molecular weight excluding hydrogens is 340 g/mol. The Morgan fingerprint density at radius 1 is 0.926 bits per heavy atom. The number of furan rings is 1. The van der Waals surface area contributed by atoms with Gasteiger partial charge in [-0.25, -0.2) is 4.79 Å². The molecule has 0 N–H and O–H groups in total. The third-order valence-electron chi connectivity index (χ3n) is 4.87. The summed E-state index contributed by atoms with van der Waals surface area (Å²) < 4.78 is 11.1. The minimum atomic E-state index is -1.04. The molecule has 2 aromatic carbocycles. The van der Waals surface area contributed by atoms with E-state index in [1.165, 1.54) is 12.3 Å². The van der Waals surface area contributed by atoms with Crippen molar-refractivity contribution >= 4 is 11.8 Å². The number of benzene rings is 2. The van der Waals surface area contributed by atoms with Crippen LogP contribution in [0.4, 0.5) is 0 Å². The van der Waals surface area contributed by atoms with Crippen molar-refractivity contribution in [3.05, 3.63) is 108 Å². The molecule has 0 bridgehead atoms. The number of carbonyl (C=O) groups is 2. The highest BCUT2D eigenvalue weighted by atomic mass is 16.6. The van der Waals surface area contributed by atoms with Gasteiger partial charge >= 0.3 is 5.97 Å². The summed E-state index contributed by atoms with van der Waals surface area (Å²) in [4.78, 5) is 24.9. The highest BCUT2D eigenvalue weighted by Gasteiger charge is 2.46. The van der Waals surface area contributed by atoms with Crippen LogP contribution in [0, 0.1) is 0 Å². The van der Waals surface area contributed by atoms with Crippen LogP contribution in [0.25, 0.3) is 0 Å². The average Bonchev–Trinajstić information content (AvgIpc) is 3.38. The molecular formula is C23H18O4. The normalized spacial score (nSPS) is 19.6. The molecule has 0 aliphatic carbocycles. The molecule has 2 heterocycles. The molecule has 1 aliphatic rings. The molecule has 4 nitrogen and oxygen atoms in total. The maximum Gasteiger partial charge on any atom is 0.331 e. The minimum Gasteiger partial charge on any atom is -0.461 e. The van der Waals surface area contributed by atoms with E-state index in [9.17, 15) is 9.59 Å². The number of ketones is 1. The van der Waals surface area contributed by atoms with E-state index in [0.717, 1.165) is 11.1 Å². The van der Waals surface area contributed by atoms with Crippen LogP contribution < -0.4 is 0 Å². The summed E-state index contributed by atoms with van der Waals surface area (Å²) in [6, 6.07) is 22.5. The largest absolute Gasteiger partial charge is 0.461 e. The second kappa shape index (κ2) is 7.08. The molecule has 0 saturated heterocycles. The zero-order chi connectivity index (χ0) is 18.7. The molecule has 0 fully saturated rings. The van der Waals surface area contributed by atoms with Crippen LogP contribution in [-0.2, 0) is 15.1 Å². The molecule has 134 valence electrons. The van der Waals surface area contributed by atoms with Crippen LogP contribution in [0.5, 0.6) is 0 Å². The summed E-state index contributed by atoms with van der Waals surface area (Å²) in [5.74, 6) is -0.639. The van der Waals surface area contributed by atoms with Crippen molar-refractivity contribution in [2.75, 3.05) is 0 Å². The average molecular weight is 358 g/mol. The number of rotatable bonds is 6. The lowest BCUT2D eigenvalue weighted by Crippen LogP contribution is -2.34. The zero-order valence-corrected chi connectivity index (χ0v) is 14.6. The van der Waals surface area contributed by atoms with Crippen LogP contribution in [0.2, 0.25) is 0 Å². The Morgan fingerprint density at radius 3 is 2.22 bits per heavy atom. The summed E-state index contributed by atoms with van der Waals surface area (Å²) in [5.41, 5.74) is 0.705. The van der Waals surface area contributed by atoms with Crippen LogP contribution in [0.1, 0.15) is 34.0 Å². The van der Waals surface area contributed by atoms with Gasteiger partial charge in [0, 0.05) is 24.0 Å². The maximum atomic E-state index is 12.8. The SMILES string of the molecule is O=C1C=C[C@@](c2ccccc2)([C@H](CC(=O)c2ccco2)c2ccccc2)O1. The van der Waals surface area contributed by atoms with Gasteiger partial charge < -0.3 is 9.15 Å². The van der Waals surface area contributed by atoms with E-state index in [0.29, 0.717) is 5.76 Å². The third-order valence-corrected chi connectivity index (χ3v) is 4.87. The van der Waals surface area contributed by atoms with Crippen molar-refractivity contribution in [1.82, 2.24) is 0 Å². The van der Waals surface area contributed by atoms with Gasteiger partial charge in [0.15, 0.2) is 17.1 Å². The highest BCUT2D eigenvalue weighted by Crippen LogP contribution is 2.46. The van der Waals surface area contributed by atoms with Gasteiger partial charge in [-0.1, -0.05) is 60.7 Å². The van der Waals surface area contributed by atoms with Gasteiger partial charge in [-0.15, -0.1) is 0 Å². The zero-order valence-electron chi connectivity index (χ0n) is 14.6. The fourth-order valence-corrected chi connectivity index (χ4v) is 3.59. The lowest BCUT2D eigenvalue weighted by Gasteiger charge is -2.35. The molecule has 0 amide bonds. The van der Waals surface area contributed by atoms with Crippen molar-refractivity contribution in [2.45, 2.75) is 17.9 Å². The third kappa shape index (κ3) is 3.22. The van der Waals surface area contributed by atoms with Gasteiger partial charge in [0.2, 0.25) is 0 Å². The molecule has 0 radical (unpaired) electrons. The Labute approximate surface area is 157 Å². The summed E-state index contributed by atoms with van der Waals surface area (Å²) in [5, 5.41) is 0. The van der Waals surface area contributed by atoms with Gasteiger partial charge in [0.25, 0.3) is 0 Å². The van der Waals surface area contributed by atoms with E-state index in [2.05, 4.69) is 0 Å². The molecule has 0 saturated carbocycles. The second-order valence-electron chi connectivity index (χ2n) is 6.48. The van der Waals surface area contributed by atoms with Crippen LogP contribution in [0.3, 0.4) is 0 Å². The Hall–Kier alpha value is -3.40. The van der Waals surface area contributed by atoms with Gasteiger partial charge in [-0.05, 0) is 23.8 Å². The maximum absolute atomic E-state index is 12.8. The molecule has 1 aliphatic heterocycles. The number of esters is 1. The molecule has 0 spiro atoms. The number of ether oxygens (including phenoxy) is 1. The van der Waals surface area contributed by atoms with E-state index in [-0.39, 0.29) is 18.1 Å². The van der Waals surface area contributed by atoms with Crippen LogP contribution in [-0.4, -0.2) is 11.8 Å². The van der Waals surface area contributed by atoms with Crippen molar-refractivity contribution in [3.63, 3.8) is 0 Å². The standard InChI is InChI=1S/C23H18O4/c24-20(21-12-7-15-26-21)16-19(17-8-3-1-4-9-17)23(14-13-22(25)27-23)18-10-5-2-6-11-18/h1-15,19H,16H2/t19-,23-/m1/s1. The molecule has 4 heteroatoms. The second-order valence-corrected chi connectivity index (χ2v) is 6.48. The van der Waals surface area contributed by atoms with Gasteiger partial charge in [0.1, 0.15) is 0 Å². The summed E-state index contributed by atoms with van der Waals surface area (Å²) in [6.45, 7) is 0. The first kappa shape index (κ1) is 17.0. The van der Waals surface area contributed by atoms with Crippen molar-refractivity contribution in [1.29, 1.82) is 0 Å². The fraction of sp³-hybridized carbons (Fsp3) is 0.130. The van der Waals surface area contributed by atoms with E-state index >= 15 is 0 Å². The number of cyclic esters (lactones) is 1. The summed E-state index contributed by atoms with van der Waals surface area (Å²) in [7, 11) is 0. The molecule has 3 aromatic rings. The number of hydrogen-bond donors (Lipinski definition) is 0. The quantitative estimate of drug-likeness (QED) is 0.476. The first-order valence-electron chi connectivity index (χ1n) is 8.78. The highest BCUT2D eigenvalue weighted by molar-refractivity contribution is 5.94. The first-order valence-corrected chi connectivity index (χ1v) is 8.78. The van der Waals surface area contributed by atoms with E-state index in [1.54, 1.807) is 18.2 Å². The Bertz CT molecular complexity index is 958. The van der Waals surface area contributed by atoms with Gasteiger partial charge in [-0.2, -0.15) is 0 Å². The topological polar surface area (TPSA) is 56.5 Å². The molecule has 4 rings (SSSR count). The van der Waals surface area contributed by atoms with Gasteiger partial charge in [0.05, 0.1) is 6.26 Å². The predicted octanol–water partition coefficient (Wildman–Crippen LogP) is 4.64. The van der Waals surface area contributed by atoms with E-state index in [4.69, 9.17) is 9.15 Å². The van der Waals surface area contributed by atoms with Crippen molar-refractivity contribution in [2.24, 2.45) is 0 Å². The molecule has 2 atom stereocenters. The van der Waals surface area contributed by atoms with E-state index in [1.807, 2.05) is 60.7 Å². The fourth-order valence-electron chi connectivity index (χ4n) is 3.59. The van der Waals surface area contributed by atoms with Crippen LogP contribution >= 0.6 is 0 Å². The van der Waals surface area contributed by atoms with Crippen molar-refractivity contribution < 1.29 is 18.7 Å². The number of hydrogen-bond acceptors (Lipinski definition) is 4. The minimum absolute atomic E-state index is 0.138. The lowest BCUT2D eigenvalue weighted by molar-refractivity contribution is -0.148. The Balaban J connectivity index is 1.82. The lowest BCUT2D eigenvalue weighted by atomic mass is 9.74. The van der Waals surface area contributed by atoms with Gasteiger partial charge in [-0.3, -0.25) is 4.79 Å². The molecule has 27 heavy (non-hydrogen) atoms. The monoisotopic (exact) mass is 358 g/mol. The predicted molar refractivity (Wildman–Crippen MR) is 100 cm³/mol. The number of carbonyl (C=O) groups excluding carboxylic acids is 2. The van der Waals surface area contributed by atoms with Crippen LogP contribution in [0.15, 0.2) is 95.6 Å². The first-order chi connectivity index (χ1) is 13.2. The van der Waals surface area contributed by atoms with E-state index < -0.39 is 11.6 Å². The Morgan fingerprint density at radius 2 is 1.63 bits per heavy atom. The summed E-state index contributed by atoms with van der Waals surface area (Å²) in [6.07, 6.45) is 4.81. The Kier molecular flexibility index (Phi) is 4.47. The molecule has 1 aromatic heterocycles. The van der Waals surface area contributed by atoms with Crippen molar-refractivity contribution in [3.8, 4) is 0 Å².